The van der Waals surface area contributed by atoms with E-state index in [0.717, 1.165) is 0 Å². The Labute approximate surface area is 68.5 Å². The Kier molecular flexibility index (Phi) is 1.44. The van der Waals surface area contributed by atoms with E-state index >= 15 is 0 Å². The van der Waals surface area contributed by atoms with Gasteiger partial charge in [0, 0.05) is 15.3 Å². The molecule has 4 heteroatoms. The average Bonchev–Trinajstić information content (AvgIpc) is 1.88. The van der Waals surface area contributed by atoms with Crippen LogP contribution in [0.3, 0.4) is 0 Å². The molecule has 45 valence electrons. The van der Waals surface area contributed by atoms with Crippen molar-refractivity contribution in [3.05, 3.63) is 0 Å². The first-order chi connectivity index (χ1) is 3.40. The average molecular weight is 257 g/mol. The maximum absolute atomic E-state index is 9.08. The lowest BCUT2D eigenvalue weighted by Gasteiger charge is -1.97. The van der Waals surface area contributed by atoms with Gasteiger partial charge in [0.1, 0.15) is 3.23 Å². The molecule has 0 bridgehead atoms. The summed E-state index contributed by atoms with van der Waals surface area (Å²) in [6.07, 6.45) is -0.341. The predicted octanol–water partition coefficient (Wildman–Crippen LogP) is 1.19. The van der Waals surface area contributed by atoms with Gasteiger partial charge in [-0.05, 0) is 0 Å². The van der Waals surface area contributed by atoms with E-state index in [-0.39, 0.29) is 14.4 Å². The van der Waals surface area contributed by atoms with E-state index < -0.39 is 0 Å². The van der Waals surface area contributed by atoms with Crippen molar-refractivity contribution in [1.29, 1.82) is 0 Å². The summed E-state index contributed by atoms with van der Waals surface area (Å²) in [6, 6.07) is 0. The molecule has 0 saturated heterocycles. The molecular weight excluding hydrogens is 252 g/mol. The first-order valence-corrected chi connectivity index (χ1v) is 4.30. The molecule has 0 spiro atoms. The molecule has 1 nitrogen and oxygen atoms in total. The zero-order valence-corrected chi connectivity index (χ0v) is 8.45. The lowest BCUT2D eigenvalue weighted by Crippen LogP contribution is -1.92. The largest absolute Gasteiger partial charge is 0.390 e. The molecule has 1 rings (SSSR count). The van der Waals surface area contributed by atoms with Crippen LogP contribution in [0.25, 0.3) is 0 Å². The van der Waals surface area contributed by atoms with Gasteiger partial charge in [0.05, 0.1) is 6.10 Å². The molecule has 1 aliphatic carbocycles. The lowest BCUT2D eigenvalue weighted by atomic mass is 10.5. The van der Waals surface area contributed by atoms with Crippen LogP contribution in [0.1, 0.15) is 6.92 Å². The van der Waals surface area contributed by atoms with E-state index in [4.69, 9.17) is 5.11 Å². The van der Waals surface area contributed by atoms with Gasteiger partial charge in [0.25, 0.3) is 0 Å². The molecule has 1 N–H and O–H groups in total. The molecule has 2 unspecified atom stereocenters. The second-order valence-electron chi connectivity index (χ2n) is 2.23. The van der Waals surface area contributed by atoms with Crippen LogP contribution in [-0.2, 0) is 0 Å². The SMILES string of the molecule is CC1([Si])C(O)C1(Br)Br. The van der Waals surface area contributed by atoms with E-state index in [2.05, 4.69) is 42.1 Å². The summed E-state index contributed by atoms with van der Waals surface area (Å²) in [5, 5.41) is 8.88. The van der Waals surface area contributed by atoms with Gasteiger partial charge in [-0.15, -0.1) is 0 Å². The molecule has 0 amide bonds. The molecule has 8 heavy (non-hydrogen) atoms. The standard InChI is InChI=1S/C4H5Br2OSi/c1-3(8)2(7)4(3,5)6/h2,7H,1H3. The summed E-state index contributed by atoms with van der Waals surface area (Å²) in [6.45, 7) is 1.91. The molecule has 1 fully saturated rings. The third kappa shape index (κ3) is 0.663. The fourth-order valence-electron chi connectivity index (χ4n) is 0.509. The fraction of sp³-hybridized carbons (Fsp3) is 1.00. The fourth-order valence-corrected chi connectivity index (χ4v) is 2.33. The summed E-state index contributed by atoms with van der Waals surface area (Å²) in [7, 11) is 3.38. The summed E-state index contributed by atoms with van der Waals surface area (Å²) in [5.74, 6) is 0. The van der Waals surface area contributed by atoms with E-state index in [1.54, 1.807) is 0 Å². The van der Waals surface area contributed by atoms with Crippen molar-refractivity contribution >= 4 is 42.1 Å². The third-order valence-corrected chi connectivity index (χ3v) is 5.41. The topological polar surface area (TPSA) is 20.2 Å². The zero-order chi connectivity index (χ0) is 6.58. The quantitative estimate of drug-likeness (QED) is 0.510. The Hall–Kier alpha value is 1.14. The molecule has 1 saturated carbocycles. The maximum atomic E-state index is 9.08. The molecule has 1 aliphatic rings. The molecule has 0 heterocycles. The van der Waals surface area contributed by atoms with E-state index in [9.17, 15) is 0 Å². The van der Waals surface area contributed by atoms with Crippen molar-refractivity contribution in [2.45, 2.75) is 21.3 Å². The molecule has 3 radical (unpaired) electrons. The van der Waals surface area contributed by atoms with E-state index in [0.29, 0.717) is 0 Å². The number of aliphatic hydroxyl groups is 1. The van der Waals surface area contributed by atoms with Gasteiger partial charge in [-0.2, -0.15) is 0 Å². The monoisotopic (exact) mass is 255 g/mol. The molecule has 0 aromatic rings. The number of aliphatic hydroxyl groups excluding tert-OH is 1. The van der Waals surface area contributed by atoms with Crippen LogP contribution in [0, 0.1) is 0 Å². The van der Waals surface area contributed by atoms with Gasteiger partial charge < -0.3 is 5.11 Å². The third-order valence-electron chi connectivity index (χ3n) is 1.50. The normalized spacial score (nSPS) is 51.4. The van der Waals surface area contributed by atoms with Crippen LogP contribution in [0.2, 0.25) is 5.04 Å². The van der Waals surface area contributed by atoms with Gasteiger partial charge >= 0.3 is 0 Å². The van der Waals surface area contributed by atoms with Gasteiger partial charge in [-0.3, -0.25) is 0 Å². The highest BCUT2D eigenvalue weighted by molar-refractivity contribution is 9.25. The highest BCUT2D eigenvalue weighted by atomic mass is 79.9. The minimum absolute atomic E-state index is 0.201. The van der Waals surface area contributed by atoms with Crippen LogP contribution in [0.15, 0.2) is 0 Å². The van der Waals surface area contributed by atoms with Crippen molar-refractivity contribution in [2.75, 3.05) is 0 Å². The Balaban J connectivity index is 2.72. The van der Waals surface area contributed by atoms with Crippen molar-refractivity contribution in [1.82, 2.24) is 0 Å². The van der Waals surface area contributed by atoms with Crippen LogP contribution in [-0.4, -0.2) is 24.7 Å². The Bertz CT molecular complexity index is 109. The van der Waals surface area contributed by atoms with Crippen molar-refractivity contribution in [3.8, 4) is 0 Å². The van der Waals surface area contributed by atoms with Gasteiger partial charge in [0.15, 0.2) is 0 Å². The highest BCUT2D eigenvalue weighted by Gasteiger charge is 2.68. The number of rotatable bonds is 0. The number of hydrogen-bond donors (Lipinski definition) is 1. The smallest absolute Gasteiger partial charge is 0.111 e. The van der Waals surface area contributed by atoms with Crippen molar-refractivity contribution in [3.63, 3.8) is 0 Å². The second kappa shape index (κ2) is 1.59. The first-order valence-electron chi connectivity index (χ1n) is 2.21. The molecule has 2 atom stereocenters. The minimum Gasteiger partial charge on any atom is -0.390 e. The van der Waals surface area contributed by atoms with Crippen LogP contribution < -0.4 is 0 Å². The number of hydrogen-bond acceptors (Lipinski definition) is 1. The van der Waals surface area contributed by atoms with Crippen LogP contribution >= 0.6 is 31.9 Å². The van der Waals surface area contributed by atoms with Gasteiger partial charge in [0.2, 0.25) is 0 Å². The molecule has 0 aromatic heterocycles. The van der Waals surface area contributed by atoms with Crippen LogP contribution in [0.5, 0.6) is 0 Å². The van der Waals surface area contributed by atoms with Crippen molar-refractivity contribution in [2.24, 2.45) is 0 Å². The Morgan fingerprint density at radius 1 is 1.62 bits per heavy atom. The Morgan fingerprint density at radius 2 is 1.75 bits per heavy atom. The predicted molar refractivity (Wildman–Crippen MR) is 40.7 cm³/mol. The zero-order valence-electron chi connectivity index (χ0n) is 4.28. The summed E-state index contributed by atoms with van der Waals surface area (Å²) >= 11 is 6.58. The van der Waals surface area contributed by atoms with E-state index in [1.807, 2.05) is 6.92 Å². The number of halogens is 2. The van der Waals surface area contributed by atoms with Crippen molar-refractivity contribution < 1.29 is 5.11 Å². The van der Waals surface area contributed by atoms with Crippen LogP contribution in [0.4, 0.5) is 0 Å². The van der Waals surface area contributed by atoms with Gasteiger partial charge in [-0.1, -0.05) is 38.8 Å². The lowest BCUT2D eigenvalue weighted by molar-refractivity contribution is 0.266. The number of alkyl halides is 2. The molecule has 0 aliphatic heterocycles. The molecule has 0 aromatic carbocycles. The van der Waals surface area contributed by atoms with Gasteiger partial charge in [-0.25, -0.2) is 0 Å². The highest BCUT2D eigenvalue weighted by Crippen LogP contribution is 2.69. The second-order valence-corrected chi connectivity index (χ2v) is 6.83. The summed E-state index contributed by atoms with van der Waals surface area (Å²) < 4.78 is -0.302. The molecular formula is C4H5Br2OSi. The summed E-state index contributed by atoms with van der Waals surface area (Å²) in [4.78, 5) is 0. The minimum atomic E-state index is -0.341. The Morgan fingerprint density at radius 3 is 1.75 bits per heavy atom. The maximum Gasteiger partial charge on any atom is 0.111 e. The first kappa shape index (κ1) is 7.25. The summed E-state index contributed by atoms with van der Waals surface area (Å²) in [5.41, 5.74) is 0. The van der Waals surface area contributed by atoms with E-state index in [1.165, 1.54) is 0 Å².